The largest absolute Gasteiger partial charge is 0.445 e. The lowest BCUT2D eigenvalue weighted by Crippen LogP contribution is -2.57. The number of nitrogens with zero attached hydrogens (tertiary/aromatic N) is 1. The van der Waals surface area contributed by atoms with Gasteiger partial charge in [-0.15, -0.1) is 0 Å². The van der Waals surface area contributed by atoms with Crippen LogP contribution in [0.15, 0.2) is 30.3 Å². The maximum absolute atomic E-state index is 12.3. The van der Waals surface area contributed by atoms with Gasteiger partial charge in [-0.25, -0.2) is 4.79 Å². The second-order valence-corrected chi connectivity index (χ2v) is 5.27. The van der Waals surface area contributed by atoms with Gasteiger partial charge in [0.25, 0.3) is 0 Å². The van der Waals surface area contributed by atoms with Crippen molar-refractivity contribution in [3.8, 4) is 0 Å². The number of piperazine rings is 1. The van der Waals surface area contributed by atoms with Gasteiger partial charge in [0.15, 0.2) is 0 Å². The molecule has 0 spiro atoms. The second-order valence-electron chi connectivity index (χ2n) is 5.27. The van der Waals surface area contributed by atoms with Gasteiger partial charge < -0.3 is 15.0 Å². The Hall–Kier alpha value is -1.55. The summed E-state index contributed by atoms with van der Waals surface area (Å²) >= 11 is 0. The summed E-state index contributed by atoms with van der Waals surface area (Å²) in [4.78, 5) is 14.2. The minimum absolute atomic E-state index is 0.194. The van der Waals surface area contributed by atoms with Gasteiger partial charge in [0, 0.05) is 25.2 Å². The zero-order valence-corrected chi connectivity index (χ0v) is 12.3. The number of hydrogen-bond acceptors (Lipinski definition) is 3. The average molecular weight is 276 g/mol. The molecule has 1 heterocycles. The number of carbonyl (C=O) groups is 1. The monoisotopic (exact) mass is 276 g/mol. The highest BCUT2D eigenvalue weighted by Crippen LogP contribution is 2.14. The van der Waals surface area contributed by atoms with Crippen molar-refractivity contribution in [3.63, 3.8) is 0 Å². The predicted molar refractivity (Wildman–Crippen MR) is 79.5 cm³/mol. The highest BCUT2D eigenvalue weighted by Gasteiger charge is 2.30. The van der Waals surface area contributed by atoms with E-state index in [2.05, 4.69) is 19.2 Å². The van der Waals surface area contributed by atoms with Crippen LogP contribution in [0.25, 0.3) is 0 Å². The Balaban J connectivity index is 1.91. The maximum Gasteiger partial charge on any atom is 0.410 e. The van der Waals surface area contributed by atoms with Gasteiger partial charge >= 0.3 is 6.09 Å². The molecule has 1 amide bonds. The van der Waals surface area contributed by atoms with Crippen molar-refractivity contribution in [2.75, 3.05) is 13.1 Å². The molecule has 1 aliphatic rings. The summed E-state index contributed by atoms with van der Waals surface area (Å²) in [5, 5.41) is 3.48. The molecule has 4 nitrogen and oxygen atoms in total. The molecule has 0 aromatic heterocycles. The third-order valence-electron chi connectivity index (χ3n) is 3.90. The molecular formula is C16H24N2O2. The van der Waals surface area contributed by atoms with Crippen LogP contribution in [0.4, 0.5) is 4.79 Å². The molecule has 4 heteroatoms. The van der Waals surface area contributed by atoms with Gasteiger partial charge in [0.2, 0.25) is 0 Å². The topological polar surface area (TPSA) is 41.6 Å². The summed E-state index contributed by atoms with van der Waals surface area (Å²) in [6.07, 6.45) is 1.78. The van der Waals surface area contributed by atoms with Crippen molar-refractivity contribution in [1.82, 2.24) is 10.2 Å². The van der Waals surface area contributed by atoms with Gasteiger partial charge in [-0.2, -0.15) is 0 Å². The van der Waals surface area contributed by atoms with Crippen LogP contribution in [0.5, 0.6) is 0 Å². The van der Waals surface area contributed by atoms with E-state index in [9.17, 15) is 4.79 Å². The van der Waals surface area contributed by atoms with E-state index in [1.54, 1.807) is 0 Å². The third kappa shape index (κ3) is 3.73. The molecule has 1 aromatic carbocycles. The second kappa shape index (κ2) is 7.29. The van der Waals surface area contributed by atoms with Crippen LogP contribution in [-0.2, 0) is 11.3 Å². The summed E-state index contributed by atoms with van der Waals surface area (Å²) < 4.78 is 5.45. The van der Waals surface area contributed by atoms with Crippen LogP contribution < -0.4 is 5.32 Å². The van der Waals surface area contributed by atoms with E-state index in [1.807, 2.05) is 35.2 Å². The molecule has 0 unspecified atom stereocenters. The molecule has 0 saturated carbocycles. The Morgan fingerprint density at radius 1 is 1.30 bits per heavy atom. The van der Waals surface area contributed by atoms with Crippen molar-refractivity contribution in [3.05, 3.63) is 35.9 Å². The van der Waals surface area contributed by atoms with E-state index in [0.29, 0.717) is 12.6 Å². The molecule has 1 aliphatic heterocycles. The first-order valence-corrected chi connectivity index (χ1v) is 7.45. The van der Waals surface area contributed by atoms with E-state index in [4.69, 9.17) is 4.74 Å². The predicted octanol–water partition coefficient (Wildman–Crippen LogP) is 2.79. The van der Waals surface area contributed by atoms with Crippen LogP contribution in [0, 0.1) is 0 Å². The number of carbonyl (C=O) groups excluding carboxylic acids is 1. The van der Waals surface area contributed by atoms with Gasteiger partial charge in [0.05, 0.1) is 0 Å². The number of amides is 1. The lowest BCUT2D eigenvalue weighted by atomic mass is 10.1. The van der Waals surface area contributed by atoms with E-state index in [1.165, 1.54) is 0 Å². The highest BCUT2D eigenvalue weighted by molar-refractivity contribution is 5.68. The molecule has 1 N–H and O–H groups in total. The van der Waals surface area contributed by atoms with Gasteiger partial charge in [-0.05, 0) is 18.4 Å². The van der Waals surface area contributed by atoms with E-state index < -0.39 is 0 Å². The van der Waals surface area contributed by atoms with Gasteiger partial charge in [-0.1, -0.05) is 44.2 Å². The summed E-state index contributed by atoms with van der Waals surface area (Å²) in [6.45, 7) is 6.18. The smallest absolute Gasteiger partial charge is 0.410 e. The van der Waals surface area contributed by atoms with Crippen LogP contribution in [0.3, 0.4) is 0 Å². The van der Waals surface area contributed by atoms with Gasteiger partial charge in [-0.3, -0.25) is 0 Å². The highest BCUT2D eigenvalue weighted by atomic mass is 16.6. The molecule has 20 heavy (non-hydrogen) atoms. The Morgan fingerprint density at radius 2 is 2.05 bits per heavy atom. The average Bonchev–Trinajstić information content (AvgIpc) is 2.52. The van der Waals surface area contributed by atoms with E-state index in [0.717, 1.165) is 31.5 Å². The van der Waals surface area contributed by atoms with Crippen LogP contribution in [0.1, 0.15) is 32.3 Å². The van der Waals surface area contributed by atoms with Crippen molar-refractivity contribution in [2.45, 2.75) is 45.4 Å². The van der Waals surface area contributed by atoms with Crippen molar-refractivity contribution < 1.29 is 9.53 Å². The normalized spacial score (nSPS) is 22.6. The molecule has 2 atom stereocenters. The van der Waals surface area contributed by atoms with E-state index in [-0.39, 0.29) is 12.1 Å². The number of hydrogen-bond donors (Lipinski definition) is 1. The Morgan fingerprint density at radius 3 is 2.70 bits per heavy atom. The van der Waals surface area contributed by atoms with Gasteiger partial charge in [0.1, 0.15) is 6.61 Å². The first kappa shape index (κ1) is 14.9. The van der Waals surface area contributed by atoms with Crippen LogP contribution in [0.2, 0.25) is 0 Å². The Kier molecular flexibility index (Phi) is 5.41. The molecule has 0 radical (unpaired) electrons. The maximum atomic E-state index is 12.3. The summed E-state index contributed by atoms with van der Waals surface area (Å²) in [5.41, 5.74) is 1.02. The van der Waals surface area contributed by atoms with Crippen LogP contribution in [-0.4, -0.2) is 36.2 Å². The van der Waals surface area contributed by atoms with E-state index >= 15 is 0 Å². The number of benzene rings is 1. The minimum Gasteiger partial charge on any atom is -0.445 e. The quantitative estimate of drug-likeness (QED) is 0.919. The lowest BCUT2D eigenvalue weighted by Gasteiger charge is -2.39. The zero-order valence-electron chi connectivity index (χ0n) is 12.3. The summed E-state index contributed by atoms with van der Waals surface area (Å²) in [6, 6.07) is 10.4. The summed E-state index contributed by atoms with van der Waals surface area (Å²) in [5.74, 6) is 0. The van der Waals surface area contributed by atoms with Crippen molar-refractivity contribution >= 4 is 6.09 Å². The number of rotatable bonds is 4. The molecular weight excluding hydrogens is 252 g/mol. The molecule has 1 fully saturated rings. The molecule has 1 aromatic rings. The molecule has 110 valence electrons. The fourth-order valence-corrected chi connectivity index (χ4v) is 2.53. The molecule has 0 bridgehead atoms. The Labute approximate surface area is 121 Å². The number of ether oxygens (including phenoxy) is 1. The first-order valence-electron chi connectivity index (χ1n) is 7.45. The minimum atomic E-state index is -0.194. The Bertz CT molecular complexity index is 422. The third-order valence-corrected chi connectivity index (χ3v) is 3.90. The lowest BCUT2D eigenvalue weighted by molar-refractivity contribution is 0.0616. The first-order chi connectivity index (χ1) is 9.74. The zero-order chi connectivity index (χ0) is 14.4. The molecule has 0 aliphatic carbocycles. The van der Waals surface area contributed by atoms with Crippen LogP contribution >= 0.6 is 0 Å². The fraction of sp³-hybridized carbons (Fsp3) is 0.562. The van der Waals surface area contributed by atoms with Crippen molar-refractivity contribution in [2.24, 2.45) is 0 Å². The van der Waals surface area contributed by atoms with Crippen molar-refractivity contribution in [1.29, 1.82) is 0 Å². The summed E-state index contributed by atoms with van der Waals surface area (Å²) in [7, 11) is 0. The standard InChI is InChI=1S/C16H24N2O2/c1-3-14-11-18(15(4-2)10-17-14)16(19)20-12-13-8-6-5-7-9-13/h5-9,14-15,17H,3-4,10-12H2,1-2H3/t14-,15+/m0/s1. The SMILES string of the molecule is CC[C@H]1CN(C(=O)OCc2ccccc2)[C@H](CC)CN1. The molecule has 1 saturated heterocycles. The molecule has 2 rings (SSSR count). The fourth-order valence-electron chi connectivity index (χ4n) is 2.53. The number of nitrogens with one attached hydrogen (secondary N) is 1.